The van der Waals surface area contributed by atoms with Gasteiger partial charge < -0.3 is 14.2 Å². The van der Waals surface area contributed by atoms with Crippen molar-refractivity contribution in [3.63, 3.8) is 0 Å². The van der Waals surface area contributed by atoms with Crippen molar-refractivity contribution in [3.8, 4) is 0 Å². The highest BCUT2D eigenvalue weighted by Gasteiger charge is 2.19. The Labute approximate surface area is 518 Å². The molecule has 83 heavy (non-hydrogen) atoms. The van der Waals surface area contributed by atoms with E-state index in [9.17, 15) is 14.4 Å². The van der Waals surface area contributed by atoms with E-state index in [2.05, 4.69) is 69.4 Å². The minimum Gasteiger partial charge on any atom is -0.462 e. The van der Waals surface area contributed by atoms with Crippen molar-refractivity contribution < 1.29 is 28.6 Å². The fourth-order valence-electron chi connectivity index (χ4n) is 11.2. The van der Waals surface area contributed by atoms with E-state index in [1.165, 1.54) is 295 Å². The molecule has 0 radical (unpaired) electrons. The average molecular weight is 1160 g/mol. The van der Waals surface area contributed by atoms with E-state index in [-0.39, 0.29) is 31.1 Å². The molecule has 0 bridgehead atoms. The van der Waals surface area contributed by atoms with Crippen LogP contribution in [0.25, 0.3) is 0 Å². The van der Waals surface area contributed by atoms with Crippen molar-refractivity contribution in [2.75, 3.05) is 13.2 Å². The van der Waals surface area contributed by atoms with Gasteiger partial charge in [0.15, 0.2) is 6.10 Å². The molecule has 1 unspecified atom stereocenters. The van der Waals surface area contributed by atoms with Crippen LogP contribution in [-0.4, -0.2) is 37.2 Å². The molecule has 0 heterocycles. The third-order valence-electron chi connectivity index (χ3n) is 16.8. The van der Waals surface area contributed by atoms with Gasteiger partial charge in [0.05, 0.1) is 0 Å². The topological polar surface area (TPSA) is 78.9 Å². The molecule has 0 aromatic rings. The standard InChI is InChI=1S/C77H142O6/c1-4-7-10-13-16-19-22-24-26-28-30-32-33-34-35-36-37-38-39-40-41-42-43-45-46-48-50-52-55-58-61-64-67-70-76(79)82-73-74(72-81-75(78)69-66-63-60-57-54-21-18-15-12-9-6-3)83-77(80)71-68-65-62-59-56-53-51-49-47-44-31-29-27-25-23-20-17-14-11-8-5-2/h22,24,28-31,33-34,74H,4-21,23,25-27,32,35-73H2,1-3H3/b24-22-,30-28-,31-29-,34-33-. The van der Waals surface area contributed by atoms with Crippen LogP contribution in [0.15, 0.2) is 48.6 Å². The van der Waals surface area contributed by atoms with Crippen LogP contribution in [0.2, 0.25) is 0 Å². The number of carbonyl (C=O) groups excluding carboxylic acids is 3. The van der Waals surface area contributed by atoms with Crippen molar-refractivity contribution in [3.05, 3.63) is 48.6 Å². The van der Waals surface area contributed by atoms with Gasteiger partial charge in [0, 0.05) is 19.3 Å². The second kappa shape index (κ2) is 71.8. The Hall–Kier alpha value is -2.63. The summed E-state index contributed by atoms with van der Waals surface area (Å²) in [7, 11) is 0. The van der Waals surface area contributed by atoms with Crippen molar-refractivity contribution in [1.82, 2.24) is 0 Å². The molecule has 486 valence electrons. The first-order chi connectivity index (χ1) is 41.0. The first-order valence-corrected chi connectivity index (χ1v) is 37.1. The van der Waals surface area contributed by atoms with Gasteiger partial charge >= 0.3 is 17.9 Å². The van der Waals surface area contributed by atoms with Crippen LogP contribution in [0.5, 0.6) is 0 Å². The summed E-state index contributed by atoms with van der Waals surface area (Å²) in [6.45, 7) is 6.69. The number of rotatable bonds is 69. The largest absolute Gasteiger partial charge is 0.462 e. The van der Waals surface area contributed by atoms with Crippen molar-refractivity contribution in [1.29, 1.82) is 0 Å². The summed E-state index contributed by atoms with van der Waals surface area (Å²) in [5.74, 6) is -0.843. The van der Waals surface area contributed by atoms with Gasteiger partial charge in [0.1, 0.15) is 13.2 Å². The van der Waals surface area contributed by atoms with Gasteiger partial charge in [-0.3, -0.25) is 14.4 Å². The smallest absolute Gasteiger partial charge is 0.306 e. The molecule has 0 N–H and O–H groups in total. The molecule has 1 atom stereocenters. The van der Waals surface area contributed by atoms with E-state index in [1.807, 2.05) is 0 Å². The fourth-order valence-corrected chi connectivity index (χ4v) is 11.2. The Bertz CT molecular complexity index is 1430. The van der Waals surface area contributed by atoms with Gasteiger partial charge in [-0.1, -0.05) is 352 Å². The molecule has 0 aliphatic heterocycles. The Morgan fingerprint density at radius 1 is 0.241 bits per heavy atom. The third kappa shape index (κ3) is 70.0. The molecule has 0 aromatic heterocycles. The van der Waals surface area contributed by atoms with Gasteiger partial charge in [-0.15, -0.1) is 0 Å². The average Bonchev–Trinajstić information content (AvgIpc) is 3.48. The molecule has 0 spiro atoms. The first kappa shape index (κ1) is 80.4. The molecule has 0 aliphatic carbocycles. The van der Waals surface area contributed by atoms with Gasteiger partial charge in [-0.05, 0) is 83.5 Å². The van der Waals surface area contributed by atoms with Crippen molar-refractivity contribution in [2.24, 2.45) is 0 Å². The fraction of sp³-hybridized carbons (Fsp3) is 0.857. The second-order valence-electron chi connectivity index (χ2n) is 25.2. The number of allylic oxidation sites excluding steroid dienone is 8. The van der Waals surface area contributed by atoms with Gasteiger partial charge in [0.25, 0.3) is 0 Å². The quantitative estimate of drug-likeness (QED) is 0.0261. The molecule has 0 aromatic carbocycles. The Morgan fingerprint density at radius 2 is 0.434 bits per heavy atom. The van der Waals surface area contributed by atoms with Crippen LogP contribution >= 0.6 is 0 Å². The van der Waals surface area contributed by atoms with Crippen molar-refractivity contribution in [2.45, 2.75) is 412 Å². The third-order valence-corrected chi connectivity index (χ3v) is 16.8. The number of esters is 3. The van der Waals surface area contributed by atoms with Crippen LogP contribution in [0, 0.1) is 0 Å². The summed E-state index contributed by atoms with van der Waals surface area (Å²) in [4.78, 5) is 38.4. The lowest BCUT2D eigenvalue weighted by Crippen LogP contribution is -2.30. The zero-order valence-electron chi connectivity index (χ0n) is 56.0. The Kier molecular flexibility index (Phi) is 69.6. The minimum atomic E-state index is -0.771. The molecule has 0 saturated carbocycles. The van der Waals surface area contributed by atoms with Gasteiger partial charge in [0.2, 0.25) is 0 Å². The summed E-state index contributed by atoms with van der Waals surface area (Å²) in [6, 6.07) is 0. The maximum absolute atomic E-state index is 12.9. The lowest BCUT2D eigenvalue weighted by molar-refractivity contribution is -0.167. The van der Waals surface area contributed by atoms with E-state index in [0.717, 1.165) is 70.6 Å². The van der Waals surface area contributed by atoms with Crippen molar-refractivity contribution >= 4 is 17.9 Å². The second-order valence-corrected chi connectivity index (χ2v) is 25.2. The van der Waals surface area contributed by atoms with Gasteiger partial charge in [-0.2, -0.15) is 0 Å². The number of carbonyl (C=O) groups is 3. The Balaban J connectivity index is 4.11. The molecule has 6 nitrogen and oxygen atoms in total. The predicted octanol–water partition coefficient (Wildman–Crippen LogP) is 25.7. The molecule has 6 heteroatoms. The maximum Gasteiger partial charge on any atom is 0.306 e. The zero-order chi connectivity index (χ0) is 59.9. The van der Waals surface area contributed by atoms with E-state index >= 15 is 0 Å². The Morgan fingerprint density at radius 3 is 0.687 bits per heavy atom. The maximum atomic E-state index is 12.9. The van der Waals surface area contributed by atoms with E-state index in [4.69, 9.17) is 14.2 Å². The van der Waals surface area contributed by atoms with Crippen LogP contribution < -0.4 is 0 Å². The molecule has 0 fully saturated rings. The monoisotopic (exact) mass is 1160 g/mol. The van der Waals surface area contributed by atoms with E-state index < -0.39 is 6.10 Å². The summed E-state index contributed by atoms with van der Waals surface area (Å²) in [5, 5.41) is 0. The minimum absolute atomic E-state index is 0.0678. The van der Waals surface area contributed by atoms with Crippen LogP contribution in [0.4, 0.5) is 0 Å². The summed E-state index contributed by atoms with van der Waals surface area (Å²) >= 11 is 0. The molecule has 0 amide bonds. The molecule has 0 rings (SSSR count). The highest BCUT2D eigenvalue weighted by Crippen LogP contribution is 2.18. The number of ether oxygens (including phenoxy) is 3. The zero-order valence-corrected chi connectivity index (χ0v) is 56.0. The lowest BCUT2D eigenvalue weighted by Gasteiger charge is -2.18. The number of hydrogen-bond donors (Lipinski definition) is 0. The molecular formula is C77H142O6. The first-order valence-electron chi connectivity index (χ1n) is 37.1. The van der Waals surface area contributed by atoms with Crippen LogP contribution in [-0.2, 0) is 28.6 Å². The lowest BCUT2D eigenvalue weighted by atomic mass is 10.0. The molecule has 0 aliphatic rings. The molecule has 0 saturated heterocycles. The summed E-state index contributed by atoms with van der Waals surface area (Å²) in [6.07, 6.45) is 91.6. The highest BCUT2D eigenvalue weighted by atomic mass is 16.6. The number of hydrogen-bond acceptors (Lipinski definition) is 6. The SMILES string of the molecule is CCCCCCC/C=C\C/C=C\C/C=C\CCCCCCCCCCCCCCCCCCCCC(=O)OCC(COC(=O)CCCCCCCCCCCCC)OC(=O)CCCCCCCCCCC/C=C\CCCCCCCCCC. The number of unbranched alkanes of at least 4 members (excludes halogenated alkanes) is 50. The van der Waals surface area contributed by atoms with Crippen LogP contribution in [0.3, 0.4) is 0 Å². The molecular weight excluding hydrogens is 1020 g/mol. The predicted molar refractivity (Wildman–Crippen MR) is 362 cm³/mol. The summed E-state index contributed by atoms with van der Waals surface area (Å²) < 4.78 is 17.0. The normalized spacial score (nSPS) is 12.3. The van der Waals surface area contributed by atoms with Crippen LogP contribution in [0.1, 0.15) is 406 Å². The summed E-state index contributed by atoms with van der Waals surface area (Å²) in [5.41, 5.74) is 0. The van der Waals surface area contributed by atoms with Gasteiger partial charge in [-0.25, -0.2) is 0 Å². The van der Waals surface area contributed by atoms with E-state index in [1.54, 1.807) is 0 Å². The van der Waals surface area contributed by atoms with E-state index in [0.29, 0.717) is 19.3 Å². The highest BCUT2D eigenvalue weighted by molar-refractivity contribution is 5.71.